The van der Waals surface area contributed by atoms with Gasteiger partial charge < -0.3 is 10.6 Å². The maximum atomic E-state index is 4.27. The summed E-state index contributed by atoms with van der Waals surface area (Å²) >= 11 is 1.91. The van der Waals surface area contributed by atoms with Crippen LogP contribution >= 0.6 is 35.7 Å². The highest BCUT2D eigenvalue weighted by molar-refractivity contribution is 14.0. The van der Waals surface area contributed by atoms with Gasteiger partial charge in [-0.2, -0.15) is 11.8 Å². The largest absolute Gasteiger partial charge is 0.356 e. The van der Waals surface area contributed by atoms with E-state index in [-0.39, 0.29) is 24.0 Å². The lowest BCUT2D eigenvalue weighted by Gasteiger charge is -2.16. The van der Waals surface area contributed by atoms with Gasteiger partial charge in [-0.15, -0.1) is 24.0 Å². The molecule has 2 N–H and O–H groups in total. The highest BCUT2D eigenvalue weighted by Crippen LogP contribution is 2.14. The van der Waals surface area contributed by atoms with Crippen LogP contribution in [0.1, 0.15) is 36.8 Å². The number of aryl methyl sites for hydroxylation is 1. The normalized spacial score (nSPS) is 12.5. The van der Waals surface area contributed by atoms with Gasteiger partial charge in [-0.05, 0) is 43.3 Å². The summed E-state index contributed by atoms with van der Waals surface area (Å²) in [6.45, 7) is 6.24. The molecule has 22 heavy (non-hydrogen) atoms. The van der Waals surface area contributed by atoms with Crippen molar-refractivity contribution in [3.8, 4) is 0 Å². The van der Waals surface area contributed by atoms with Crippen molar-refractivity contribution in [1.82, 2.24) is 10.6 Å². The second-order valence-corrected chi connectivity index (χ2v) is 6.38. The van der Waals surface area contributed by atoms with Crippen LogP contribution in [0.3, 0.4) is 0 Å². The van der Waals surface area contributed by atoms with E-state index in [1.54, 1.807) is 0 Å². The number of rotatable bonds is 8. The fraction of sp³-hybridized carbons (Fsp3) is 0.588. The molecule has 3 nitrogen and oxygen atoms in total. The van der Waals surface area contributed by atoms with E-state index in [1.807, 2.05) is 18.8 Å². The molecule has 1 atom stereocenters. The van der Waals surface area contributed by atoms with Gasteiger partial charge >= 0.3 is 0 Å². The van der Waals surface area contributed by atoms with Crippen LogP contribution in [0.5, 0.6) is 0 Å². The third-order valence-corrected chi connectivity index (χ3v) is 4.21. The summed E-state index contributed by atoms with van der Waals surface area (Å²) in [6.07, 6.45) is 4.60. The van der Waals surface area contributed by atoms with Crippen LogP contribution in [0.25, 0.3) is 0 Å². The minimum atomic E-state index is 0. The number of halogens is 1. The number of hydrogen-bond acceptors (Lipinski definition) is 2. The average Bonchev–Trinajstić information content (AvgIpc) is 2.50. The van der Waals surface area contributed by atoms with Gasteiger partial charge in [-0.1, -0.05) is 36.8 Å². The Morgan fingerprint density at radius 2 is 1.86 bits per heavy atom. The number of hydrogen-bond donors (Lipinski definition) is 2. The Bertz CT molecular complexity index is 420. The van der Waals surface area contributed by atoms with Crippen LogP contribution in [0.15, 0.2) is 29.3 Å². The molecule has 0 aliphatic carbocycles. The second-order valence-electron chi connectivity index (χ2n) is 5.39. The Hall–Kier alpha value is -0.430. The molecule has 0 radical (unpaired) electrons. The Balaban J connectivity index is 0.00000441. The number of benzene rings is 1. The number of aliphatic imine (C=N–C) groups is 1. The first kappa shape index (κ1) is 21.6. The lowest BCUT2D eigenvalue weighted by Crippen LogP contribution is -2.39. The van der Waals surface area contributed by atoms with E-state index in [2.05, 4.69) is 60.0 Å². The van der Waals surface area contributed by atoms with Gasteiger partial charge in [0.05, 0.1) is 0 Å². The lowest BCUT2D eigenvalue weighted by molar-refractivity contribution is 0.686. The molecular formula is C17H30IN3S. The number of nitrogens with one attached hydrogen (secondary N) is 2. The summed E-state index contributed by atoms with van der Waals surface area (Å²) in [5.74, 6) is 2.61. The monoisotopic (exact) mass is 435 g/mol. The van der Waals surface area contributed by atoms with Crippen molar-refractivity contribution >= 4 is 41.7 Å². The molecule has 126 valence electrons. The smallest absolute Gasteiger partial charge is 0.190 e. The van der Waals surface area contributed by atoms with E-state index >= 15 is 0 Å². The van der Waals surface area contributed by atoms with E-state index < -0.39 is 0 Å². The number of thioether (sulfide) groups is 1. The predicted octanol–water partition coefficient (Wildman–Crippen LogP) is 4.02. The Morgan fingerprint density at radius 1 is 1.18 bits per heavy atom. The van der Waals surface area contributed by atoms with Crippen molar-refractivity contribution in [3.63, 3.8) is 0 Å². The molecule has 0 saturated carbocycles. The zero-order chi connectivity index (χ0) is 15.5. The average molecular weight is 435 g/mol. The maximum absolute atomic E-state index is 4.27. The van der Waals surface area contributed by atoms with Crippen LogP contribution in [0.4, 0.5) is 0 Å². The zero-order valence-corrected chi connectivity index (χ0v) is 17.3. The van der Waals surface area contributed by atoms with Crippen LogP contribution in [0.2, 0.25) is 0 Å². The fourth-order valence-corrected chi connectivity index (χ4v) is 2.55. The van der Waals surface area contributed by atoms with E-state index in [1.165, 1.54) is 29.7 Å². The SMILES string of the molecule is CN=C(NCCCCSC)NCC(C)c1ccc(C)cc1.I. The summed E-state index contributed by atoms with van der Waals surface area (Å²) < 4.78 is 0. The molecule has 1 aromatic rings. The van der Waals surface area contributed by atoms with Crippen molar-refractivity contribution in [2.75, 3.05) is 32.1 Å². The van der Waals surface area contributed by atoms with Gasteiger partial charge in [0.1, 0.15) is 0 Å². The molecule has 0 spiro atoms. The van der Waals surface area contributed by atoms with Crippen molar-refractivity contribution in [2.45, 2.75) is 32.6 Å². The first-order valence-corrected chi connectivity index (χ1v) is 9.06. The molecule has 0 amide bonds. The van der Waals surface area contributed by atoms with Crippen molar-refractivity contribution < 1.29 is 0 Å². The molecule has 0 aliphatic rings. The molecule has 5 heteroatoms. The van der Waals surface area contributed by atoms with Gasteiger partial charge in [-0.25, -0.2) is 0 Å². The van der Waals surface area contributed by atoms with Crippen LogP contribution < -0.4 is 10.6 Å². The van der Waals surface area contributed by atoms with Crippen molar-refractivity contribution in [2.24, 2.45) is 4.99 Å². The molecule has 0 fully saturated rings. The summed E-state index contributed by atoms with van der Waals surface area (Å²) in [5, 5.41) is 6.78. The predicted molar refractivity (Wildman–Crippen MR) is 112 cm³/mol. The van der Waals surface area contributed by atoms with Crippen molar-refractivity contribution in [1.29, 1.82) is 0 Å². The Labute approximate surface area is 157 Å². The number of unbranched alkanes of at least 4 members (excludes halogenated alkanes) is 1. The Morgan fingerprint density at radius 3 is 2.45 bits per heavy atom. The van der Waals surface area contributed by atoms with Crippen LogP contribution in [-0.2, 0) is 0 Å². The number of guanidine groups is 1. The van der Waals surface area contributed by atoms with Crippen LogP contribution in [-0.4, -0.2) is 38.1 Å². The molecule has 0 saturated heterocycles. The topological polar surface area (TPSA) is 36.4 Å². The maximum Gasteiger partial charge on any atom is 0.190 e. The quantitative estimate of drug-likeness (QED) is 0.280. The van der Waals surface area contributed by atoms with Gasteiger partial charge in [-0.3, -0.25) is 4.99 Å². The Kier molecular flexibility index (Phi) is 12.8. The lowest BCUT2D eigenvalue weighted by atomic mass is 10.0. The molecular weight excluding hydrogens is 405 g/mol. The summed E-state index contributed by atoms with van der Waals surface area (Å²) in [5.41, 5.74) is 2.67. The van der Waals surface area contributed by atoms with Gasteiger partial charge in [0, 0.05) is 20.1 Å². The number of nitrogens with zero attached hydrogens (tertiary/aromatic N) is 1. The van der Waals surface area contributed by atoms with Crippen molar-refractivity contribution in [3.05, 3.63) is 35.4 Å². The minimum absolute atomic E-state index is 0. The first-order chi connectivity index (χ1) is 10.2. The zero-order valence-electron chi connectivity index (χ0n) is 14.2. The highest BCUT2D eigenvalue weighted by Gasteiger charge is 2.06. The molecule has 0 aliphatic heterocycles. The fourth-order valence-electron chi connectivity index (χ4n) is 2.06. The molecule has 1 aromatic carbocycles. The first-order valence-electron chi connectivity index (χ1n) is 7.67. The molecule has 1 unspecified atom stereocenters. The third kappa shape index (κ3) is 8.88. The van der Waals surface area contributed by atoms with E-state index in [9.17, 15) is 0 Å². The minimum Gasteiger partial charge on any atom is -0.356 e. The van der Waals surface area contributed by atoms with Gasteiger partial charge in [0.2, 0.25) is 0 Å². The van der Waals surface area contributed by atoms with Gasteiger partial charge in [0.25, 0.3) is 0 Å². The second kappa shape index (κ2) is 13.0. The summed E-state index contributed by atoms with van der Waals surface area (Å²) in [6, 6.07) is 8.76. The molecule has 1 rings (SSSR count). The van der Waals surface area contributed by atoms with E-state index in [0.717, 1.165) is 19.0 Å². The highest BCUT2D eigenvalue weighted by atomic mass is 127. The van der Waals surface area contributed by atoms with E-state index in [0.29, 0.717) is 5.92 Å². The summed E-state index contributed by atoms with van der Waals surface area (Å²) in [7, 11) is 1.83. The molecule has 0 bridgehead atoms. The van der Waals surface area contributed by atoms with Crippen LogP contribution in [0, 0.1) is 6.92 Å². The molecule has 0 aromatic heterocycles. The van der Waals surface area contributed by atoms with Gasteiger partial charge in [0.15, 0.2) is 5.96 Å². The molecule has 0 heterocycles. The summed E-state index contributed by atoms with van der Waals surface area (Å²) in [4.78, 5) is 4.27. The van der Waals surface area contributed by atoms with E-state index in [4.69, 9.17) is 0 Å². The standard InChI is InChI=1S/C17H29N3S.HI/c1-14-7-9-16(10-8-14)15(2)13-20-17(18-3)19-11-5-6-12-21-4;/h7-10,15H,5-6,11-13H2,1-4H3,(H2,18,19,20);1H. The third-order valence-electron chi connectivity index (χ3n) is 3.51.